The number of aryl methyl sites for hydroxylation is 1. The van der Waals surface area contributed by atoms with Crippen LogP contribution in [0.1, 0.15) is 12.2 Å². The second-order valence-electron chi connectivity index (χ2n) is 7.93. The summed E-state index contributed by atoms with van der Waals surface area (Å²) in [5.41, 5.74) is -0.909. The molecule has 1 aromatic carbocycles. The van der Waals surface area contributed by atoms with Crippen molar-refractivity contribution in [3.8, 4) is 0 Å². The van der Waals surface area contributed by atoms with Gasteiger partial charge in [0, 0.05) is 38.3 Å². The van der Waals surface area contributed by atoms with Gasteiger partial charge in [0.15, 0.2) is 5.82 Å². The van der Waals surface area contributed by atoms with Gasteiger partial charge in [-0.25, -0.2) is 32.0 Å². The quantitative estimate of drug-likeness (QED) is 0.551. The van der Waals surface area contributed by atoms with Crippen molar-refractivity contribution in [3.63, 3.8) is 0 Å². The second kappa shape index (κ2) is 8.98. The lowest BCUT2D eigenvalue weighted by Gasteiger charge is -2.37. The number of halogens is 2. The number of aromatic nitrogens is 2. The number of hydrogen-bond donors (Lipinski definition) is 2. The third-order valence-electron chi connectivity index (χ3n) is 5.72. The van der Waals surface area contributed by atoms with Gasteiger partial charge in [0.25, 0.3) is 5.91 Å². The zero-order chi connectivity index (χ0) is 23.6. The zero-order valence-electron chi connectivity index (χ0n) is 17.5. The first-order valence-electron chi connectivity index (χ1n) is 10.3. The summed E-state index contributed by atoms with van der Waals surface area (Å²) in [7, 11) is -3.93. The van der Waals surface area contributed by atoms with Gasteiger partial charge in [-0.3, -0.25) is 10.1 Å². The summed E-state index contributed by atoms with van der Waals surface area (Å²) in [6.07, 6.45) is 1.92. The van der Waals surface area contributed by atoms with Crippen molar-refractivity contribution in [1.29, 1.82) is 0 Å². The number of carbonyl (C=O) groups is 2. The number of benzene rings is 1. The Bertz CT molecular complexity index is 1140. The second-order valence-corrected chi connectivity index (χ2v) is 9.90. The van der Waals surface area contributed by atoms with E-state index in [1.807, 2.05) is 4.90 Å². The fraction of sp³-hybridized carbons (Fsp3) is 0.400. The van der Waals surface area contributed by atoms with Crippen molar-refractivity contribution in [2.24, 2.45) is 0 Å². The van der Waals surface area contributed by atoms with Crippen molar-refractivity contribution < 1.29 is 26.8 Å². The van der Waals surface area contributed by atoms with Crippen molar-refractivity contribution in [2.75, 3.05) is 36.8 Å². The lowest BCUT2D eigenvalue weighted by atomic mass is 9.95. The number of nitrogens with zero attached hydrogens (tertiary/aromatic N) is 4. The van der Waals surface area contributed by atoms with Crippen molar-refractivity contribution in [1.82, 2.24) is 24.9 Å². The van der Waals surface area contributed by atoms with Crippen LogP contribution in [0.2, 0.25) is 0 Å². The van der Waals surface area contributed by atoms with Gasteiger partial charge in [0.2, 0.25) is 10.0 Å². The molecule has 2 aromatic rings. The Balaban J connectivity index is 1.45. The van der Waals surface area contributed by atoms with Gasteiger partial charge in [-0.05, 0) is 30.7 Å². The van der Waals surface area contributed by atoms with E-state index in [-0.39, 0.29) is 37.6 Å². The number of hydrogen-bond acceptors (Lipinski definition) is 7. The summed E-state index contributed by atoms with van der Waals surface area (Å²) in [5.74, 6) is -2.14. The summed E-state index contributed by atoms with van der Waals surface area (Å²) in [6.45, 7) is 1.12. The lowest BCUT2D eigenvalue weighted by Crippen LogP contribution is -2.57. The summed E-state index contributed by atoms with van der Waals surface area (Å²) in [6, 6.07) is 5.16. The van der Waals surface area contributed by atoms with E-state index in [9.17, 15) is 26.8 Å². The first-order chi connectivity index (χ1) is 15.7. The van der Waals surface area contributed by atoms with Crippen LogP contribution in [-0.4, -0.2) is 72.1 Å². The van der Waals surface area contributed by atoms with Crippen LogP contribution < -0.4 is 15.5 Å². The van der Waals surface area contributed by atoms with E-state index in [2.05, 4.69) is 20.6 Å². The van der Waals surface area contributed by atoms with Gasteiger partial charge < -0.3 is 10.2 Å². The number of anilines is 1. The standard InChI is InChI=1S/C20H22F2N6O4S/c21-14-1-3-16(4-2-14)27-7-9-28(10-8-27)33(31,32)13-20(18(29)25-19(30)26-20)6-5-17-23-11-15(22)12-24-17/h1-4,11-12H,5-10,13H2,(H2,25,26,29,30). The van der Waals surface area contributed by atoms with Crippen LogP contribution in [0, 0.1) is 11.6 Å². The number of sulfonamides is 1. The Labute approximate surface area is 189 Å². The minimum absolute atomic E-state index is 0.0574. The molecule has 13 heteroatoms. The Morgan fingerprint density at radius 2 is 1.61 bits per heavy atom. The zero-order valence-corrected chi connectivity index (χ0v) is 18.3. The maximum absolute atomic E-state index is 13.2. The molecule has 3 heterocycles. The molecule has 2 aliphatic rings. The van der Waals surface area contributed by atoms with Crippen LogP contribution in [0.5, 0.6) is 0 Å². The normalized spacial score (nSPS) is 21.7. The lowest BCUT2D eigenvalue weighted by molar-refractivity contribution is -0.123. The minimum atomic E-state index is -3.93. The van der Waals surface area contributed by atoms with Crippen LogP contribution in [0.3, 0.4) is 0 Å². The van der Waals surface area contributed by atoms with Gasteiger partial charge in [-0.15, -0.1) is 0 Å². The molecular formula is C20H22F2N6O4S. The topological polar surface area (TPSA) is 125 Å². The highest BCUT2D eigenvalue weighted by Crippen LogP contribution is 2.24. The maximum Gasteiger partial charge on any atom is 0.322 e. The van der Waals surface area contributed by atoms with E-state index in [0.717, 1.165) is 18.1 Å². The molecule has 1 atom stereocenters. The Morgan fingerprint density at radius 1 is 0.970 bits per heavy atom. The summed E-state index contributed by atoms with van der Waals surface area (Å²) in [4.78, 5) is 34.0. The van der Waals surface area contributed by atoms with Crippen LogP contribution in [0.15, 0.2) is 36.7 Å². The highest BCUT2D eigenvalue weighted by Gasteiger charge is 2.50. The average molecular weight is 480 g/mol. The number of piperazine rings is 1. The summed E-state index contributed by atoms with van der Waals surface area (Å²) < 4.78 is 53.9. The Morgan fingerprint density at radius 3 is 2.18 bits per heavy atom. The Hall–Kier alpha value is -3.19. The third kappa shape index (κ3) is 5.09. The van der Waals surface area contributed by atoms with Gasteiger partial charge in [-0.2, -0.15) is 4.31 Å². The van der Waals surface area contributed by atoms with Gasteiger partial charge >= 0.3 is 6.03 Å². The van der Waals surface area contributed by atoms with Gasteiger partial charge in [-0.1, -0.05) is 0 Å². The molecule has 0 saturated carbocycles. The molecule has 2 fully saturated rings. The highest BCUT2D eigenvalue weighted by molar-refractivity contribution is 7.89. The SMILES string of the molecule is O=C1NC(=O)C(CCc2ncc(F)cn2)(CS(=O)(=O)N2CCN(c3ccc(F)cc3)CC2)N1. The largest absolute Gasteiger partial charge is 0.369 e. The predicted octanol–water partition coefficient (Wildman–Crippen LogP) is 0.418. The van der Waals surface area contributed by atoms with Crippen LogP contribution >= 0.6 is 0 Å². The number of carbonyl (C=O) groups excluding carboxylic acids is 2. The highest BCUT2D eigenvalue weighted by atomic mass is 32.2. The first kappa shape index (κ1) is 23.0. The number of amides is 3. The van der Waals surface area contributed by atoms with Gasteiger partial charge in [0.1, 0.15) is 17.2 Å². The third-order valence-corrected chi connectivity index (χ3v) is 7.73. The number of imide groups is 1. The van der Waals surface area contributed by atoms with Crippen molar-refractivity contribution >= 4 is 27.6 Å². The first-order valence-corrected chi connectivity index (χ1v) is 11.9. The molecule has 2 aliphatic heterocycles. The molecule has 33 heavy (non-hydrogen) atoms. The molecule has 2 saturated heterocycles. The number of rotatable bonds is 7. The predicted molar refractivity (Wildman–Crippen MR) is 114 cm³/mol. The summed E-state index contributed by atoms with van der Waals surface area (Å²) in [5, 5.41) is 4.55. The molecule has 4 rings (SSSR count). The van der Waals surface area contributed by atoms with Crippen molar-refractivity contribution in [3.05, 3.63) is 54.1 Å². The molecule has 0 aliphatic carbocycles. The molecule has 10 nitrogen and oxygen atoms in total. The minimum Gasteiger partial charge on any atom is -0.369 e. The fourth-order valence-electron chi connectivity index (χ4n) is 3.95. The molecule has 1 unspecified atom stereocenters. The molecule has 0 spiro atoms. The average Bonchev–Trinajstić information content (AvgIpc) is 3.06. The monoisotopic (exact) mass is 480 g/mol. The van der Waals surface area contributed by atoms with E-state index < -0.39 is 39.1 Å². The fourth-order valence-corrected chi connectivity index (χ4v) is 5.82. The van der Waals surface area contributed by atoms with Crippen molar-refractivity contribution in [2.45, 2.75) is 18.4 Å². The molecule has 3 amide bonds. The van der Waals surface area contributed by atoms with E-state index in [1.54, 1.807) is 12.1 Å². The summed E-state index contributed by atoms with van der Waals surface area (Å²) >= 11 is 0. The molecule has 2 N–H and O–H groups in total. The smallest absolute Gasteiger partial charge is 0.322 e. The van der Waals surface area contributed by atoms with Crippen LogP contribution in [-0.2, 0) is 21.2 Å². The van der Waals surface area contributed by atoms with E-state index in [1.165, 1.54) is 16.4 Å². The molecule has 0 radical (unpaired) electrons. The van der Waals surface area contributed by atoms with Crippen LogP contribution in [0.25, 0.3) is 0 Å². The molecule has 0 bridgehead atoms. The molecule has 176 valence electrons. The molecular weight excluding hydrogens is 458 g/mol. The van der Waals surface area contributed by atoms with E-state index in [4.69, 9.17) is 0 Å². The maximum atomic E-state index is 13.2. The van der Waals surface area contributed by atoms with E-state index >= 15 is 0 Å². The molecule has 1 aromatic heterocycles. The van der Waals surface area contributed by atoms with Crippen LogP contribution in [0.4, 0.5) is 19.3 Å². The van der Waals surface area contributed by atoms with Gasteiger partial charge in [0.05, 0.1) is 18.1 Å². The number of urea groups is 1. The Kier molecular flexibility index (Phi) is 6.26. The number of nitrogens with one attached hydrogen (secondary N) is 2. The van der Waals surface area contributed by atoms with E-state index in [0.29, 0.717) is 13.1 Å².